The van der Waals surface area contributed by atoms with Gasteiger partial charge in [-0.1, -0.05) is 0 Å². The maximum Gasteiger partial charge on any atom is 0.303 e. The van der Waals surface area contributed by atoms with Gasteiger partial charge < -0.3 is 5.11 Å². The van der Waals surface area contributed by atoms with Crippen molar-refractivity contribution in [3.8, 4) is 0 Å². The van der Waals surface area contributed by atoms with E-state index in [4.69, 9.17) is 5.11 Å². The number of nitrogens with zero attached hydrogens (tertiary/aromatic N) is 1. The molecule has 82 valence electrons. The molecule has 1 unspecified atom stereocenters. The number of halogens is 2. The van der Waals surface area contributed by atoms with Crippen molar-refractivity contribution in [2.45, 2.75) is 25.7 Å². The maximum atomic E-state index is 12.1. The molecule has 0 spiro atoms. The molecule has 0 aromatic rings. The van der Waals surface area contributed by atoms with Crippen LogP contribution < -0.4 is 0 Å². The maximum absolute atomic E-state index is 12.1. The second-order valence-electron chi connectivity index (χ2n) is 3.76. The molecule has 0 radical (unpaired) electrons. The Morgan fingerprint density at radius 1 is 1.57 bits per heavy atom. The van der Waals surface area contributed by atoms with Crippen LogP contribution in [0.1, 0.15) is 19.3 Å². The molecule has 1 aliphatic rings. The van der Waals surface area contributed by atoms with E-state index in [0.717, 1.165) is 12.8 Å². The highest BCUT2D eigenvalue weighted by Crippen LogP contribution is 2.19. The molecule has 0 bridgehead atoms. The van der Waals surface area contributed by atoms with E-state index in [1.807, 2.05) is 0 Å². The van der Waals surface area contributed by atoms with Crippen LogP contribution in [0.4, 0.5) is 8.78 Å². The molecule has 0 amide bonds. The van der Waals surface area contributed by atoms with Crippen molar-refractivity contribution in [1.29, 1.82) is 0 Å². The fraction of sp³-hybridized carbons (Fsp3) is 0.889. The van der Waals surface area contributed by atoms with Crippen LogP contribution in [0.15, 0.2) is 0 Å². The van der Waals surface area contributed by atoms with Crippen LogP contribution in [0.3, 0.4) is 0 Å². The zero-order chi connectivity index (χ0) is 10.6. The number of rotatable bonds is 4. The van der Waals surface area contributed by atoms with Crippen LogP contribution in [-0.2, 0) is 4.79 Å². The van der Waals surface area contributed by atoms with E-state index >= 15 is 0 Å². The normalized spacial score (nSPS) is 24.1. The highest BCUT2D eigenvalue weighted by atomic mass is 19.3. The van der Waals surface area contributed by atoms with Gasteiger partial charge in [-0.15, -0.1) is 0 Å². The number of hydrogen-bond donors (Lipinski definition) is 1. The van der Waals surface area contributed by atoms with E-state index in [0.29, 0.717) is 13.1 Å². The molecule has 1 heterocycles. The Balaban J connectivity index is 2.32. The van der Waals surface area contributed by atoms with E-state index in [2.05, 4.69) is 0 Å². The smallest absolute Gasteiger partial charge is 0.303 e. The van der Waals surface area contributed by atoms with Crippen molar-refractivity contribution in [2.24, 2.45) is 5.92 Å². The number of carbonyl (C=O) groups is 1. The quantitative estimate of drug-likeness (QED) is 0.758. The highest BCUT2D eigenvalue weighted by molar-refractivity contribution is 5.67. The minimum Gasteiger partial charge on any atom is -0.481 e. The number of carboxylic acid groups (broad SMARTS) is 1. The van der Waals surface area contributed by atoms with Crippen molar-refractivity contribution < 1.29 is 18.7 Å². The lowest BCUT2D eigenvalue weighted by Gasteiger charge is -2.31. The largest absolute Gasteiger partial charge is 0.481 e. The summed E-state index contributed by atoms with van der Waals surface area (Å²) in [5, 5.41) is 8.57. The lowest BCUT2D eigenvalue weighted by Crippen LogP contribution is -2.38. The first-order chi connectivity index (χ1) is 6.58. The summed E-state index contributed by atoms with van der Waals surface area (Å²) < 4.78 is 24.1. The average Bonchev–Trinajstić information content (AvgIpc) is 2.01. The minimum absolute atomic E-state index is 0.0417. The molecule has 3 nitrogen and oxygen atoms in total. The molecule has 1 atom stereocenters. The molecule has 1 saturated heterocycles. The molecule has 0 aromatic carbocycles. The van der Waals surface area contributed by atoms with Gasteiger partial charge in [0.1, 0.15) is 0 Å². The highest BCUT2D eigenvalue weighted by Gasteiger charge is 2.23. The second kappa shape index (κ2) is 5.24. The van der Waals surface area contributed by atoms with Crippen LogP contribution in [0.25, 0.3) is 0 Å². The first-order valence-electron chi connectivity index (χ1n) is 4.80. The van der Waals surface area contributed by atoms with Crippen LogP contribution in [-0.4, -0.2) is 42.0 Å². The first-order valence-corrected chi connectivity index (χ1v) is 4.80. The SMILES string of the molecule is O=C(O)CC1CCCN(CC(F)F)C1. The molecule has 14 heavy (non-hydrogen) atoms. The third kappa shape index (κ3) is 4.00. The number of carboxylic acids is 1. The fourth-order valence-corrected chi connectivity index (χ4v) is 1.93. The van der Waals surface area contributed by atoms with Crippen molar-refractivity contribution in [3.05, 3.63) is 0 Å². The third-order valence-electron chi connectivity index (χ3n) is 2.46. The third-order valence-corrected chi connectivity index (χ3v) is 2.46. The van der Waals surface area contributed by atoms with E-state index in [-0.39, 0.29) is 18.9 Å². The topological polar surface area (TPSA) is 40.5 Å². The molecule has 1 fully saturated rings. The lowest BCUT2D eigenvalue weighted by atomic mass is 9.95. The number of aliphatic carboxylic acids is 1. The van der Waals surface area contributed by atoms with Crippen LogP contribution >= 0.6 is 0 Å². The predicted octanol–water partition coefficient (Wildman–Crippen LogP) is 1.44. The summed E-state index contributed by atoms with van der Waals surface area (Å²) in [6.45, 7) is 0.938. The van der Waals surface area contributed by atoms with Gasteiger partial charge >= 0.3 is 5.97 Å². The van der Waals surface area contributed by atoms with Crippen molar-refractivity contribution >= 4 is 5.97 Å². The van der Waals surface area contributed by atoms with Crippen LogP contribution in [0.2, 0.25) is 0 Å². The Hall–Kier alpha value is -0.710. The monoisotopic (exact) mass is 207 g/mol. The van der Waals surface area contributed by atoms with Gasteiger partial charge in [0.15, 0.2) is 0 Å². The van der Waals surface area contributed by atoms with Gasteiger partial charge in [-0.05, 0) is 25.3 Å². The Morgan fingerprint density at radius 3 is 2.86 bits per heavy atom. The molecular weight excluding hydrogens is 192 g/mol. The van der Waals surface area contributed by atoms with Gasteiger partial charge in [0, 0.05) is 13.0 Å². The van der Waals surface area contributed by atoms with Crippen LogP contribution in [0, 0.1) is 5.92 Å². The molecular formula is C9H15F2NO2. The van der Waals surface area contributed by atoms with Gasteiger partial charge in [-0.2, -0.15) is 0 Å². The van der Waals surface area contributed by atoms with Gasteiger partial charge in [-0.25, -0.2) is 8.78 Å². The average molecular weight is 207 g/mol. The Morgan fingerprint density at radius 2 is 2.29 bits per heavy atom. The summed E-state index contributed by atoms with van der Waals surface area (Å²) in [7, 11) is 0. The second-order valence-corrected chi connectivity index (χ2v) is 3.76. The number of piperidine rings is 1. The van der Waals surface area contributed by atoms with Crippen molar-refractivity contribution in [3.63, 3.8) is 0 Å². The van der Waals surface area contributed by atoms with Crippen molar-refractivity contribution in [2.75, 3.05) is 19.6 Å². The summed E-state index contributed by atoms with van der Waals surface area (Å²) in [5.41, 5.74) is 0. The van der Waals surface area contributed by atoms with E-state index in [1.54, 1.807) is 4.90 Å². The Bertz CT molecular complexity index is 199. The Labute approximate surface area is 81.7 Å². The van der Waals surface area contributed by atoms with Gasteiger partial charge in [-0.3, -0.25) is 9.69 Å². The predicted molar refractivity (Wildman–Crippen MR) is 47.4 cm³/mol. The van der Waals surface area contributed by atoms with Crippen molar-refractivity contribution in [1.82, 2.24) is 4.90 Å². The summed E-state index contributed by atoms with van der Waals surface area (Å²) in [6.07, 6.45) is -0.560. The first kappa shape index (κ1) is 11.4. The summed E-state index contributed by atoms with van der Waals surface area (Å²) in [4.78, 5) is 12.1. The molecule has 5 heteroatoms. The zero-order valence-corrected chi connectivity index (χ0v) is 7.96. The number of likely N-dealkylation sites (tertiary alicyclic amines) is 1. The molecule has 0 aromatic heterocycles. The van der Waals surface area contributed by atoms with E-state index in [1.165, 1.54) is 0 Å². The Kier molecular flexibility index (Phi) is 4.25. The van der Waals surface area contributed by atoms with Crippen LogP contribution in [0.5, 0.6) is 0 Å². The van der Waals surface area contributed by atoms with Gasteiger partial charge in [0.2, 0.25) is 0 Å². The molecule has 0 aliphatic carbocycles. The van der Waals surface area contributed by atoms with Gasteiger partial charge in [0.05, 0.1) is 6.54 Å². The molecule has 1 N–H and O–H groups in total. The number of alkyl halides is 2. The van der Waals surface area contributed by atoms with Gasteiger partial charge in [0.25, 0.3) is 6.43 Å². The molecule has 1 aliphatic heterocycles. The summed E-state index contributed by atoms with van der Waals surface area (Å²) in [6, 6.07) is 0. The molecule has 0 saturated carbocycles. The number of hydrogen-bond acceptors (Lipinski definition) is 2. The standard InChI is InChI=1S/C9H15F2NO2/c10-8(11)6-12-3-1-2-7(5-12)4-9(13)14/h7-8H,1-6H2,(H,13,14). The summed E-state index contributed by atoms with van der Waals surface area (Å²) in [5.74, 6) is -0.797. The van der Waals surface area contributed by atoms with E-state index < -0.39 is 12.4 Å². The fourth-order valence-electron chi connectivity index (χ4n) is 1.93. The lowest BCUT2D eigenvalue weighted by molar-refractivity contribution is -0.138. The molecule has 1 rings (SSSR count). The minimum atomic E-state index is -2.32. The summed E-state index contributed by atoms with van der Waals surface area (Å²) >= 11 is 0. The zero-order valence-electron chi connectivity index (χ0n) is 7.96. The van der Waals surface area contributed by atoms with E-state index in [9.17, 15) is 13.6 Å².